The maximum Gasteiger partial charge on any atom is 0.230 e. The van der Waals surface area contributed by atoms with Crippen molar-refractivity contribution >= 4 is 11.1 Å². The number of benzene rings is 2. The number of fused-ring (bicyclic) bond motifs is 1. The Hall–Kier alpha value is -2.94. The Balaban J connectivity index is 1.88. The van der Waals surface area contributed by atoms with Crippen LogP contribution in [0, 0.1) is 6.92 Å². The predicted molar refractivity (Wildman–Crippen MR) is 106 cm³/mol. The summed E-state index contributed by atoms with van der Waals surface area (Å²) in [4.78, 5) is 8.92. The lowest BCUT2D eigenvalue weighted by molar-refractivity contribution is 0.590. The molecule has 2 heterocycles. The van der Waals surface area contributed by atoms with Crippen LogP contribution in [0.15, 0.2) is 65.3 Å². The molecule has 0 saturated heterocycles. The van der Waals surface area contributed by atoms with Crippen molar-refractivity contribution in [2.75, 3.05) is 0 Å². The van der Waals surface area contributed by atoms with E-state index in [9.17, 15) is 0 Å². The highest BCUT2D eigenvalue weighted by Gasteiger charge is 2.19. The Morgan fingerprint density at radius 2 is 1.50 bits per heavy atom. The van der Waals surface area contributed by atoms with E-state index < -0.39 is 0 Å². The highest BCUT2D eigenvalue weighted by atomic mass is 16.3. The maximum absolute atomic E-state index is 6.07. The first-order valence-electron chi connectivity index (χ1n) is 8.85. The zero-order valence-electron chi connectivity index (χ0n) is 15.6. The SMILES string of the molecule is Cc1c(-c2ccccc2)oc2ncnc(-c3ccc(C(C)(C)C)cc3)c12. The highest BCUT2D eigenvalue weighted by molar-refractivity contribution is 5.95. The molecule has 4 rings (SSSR count). The first-order chi connectivity index (χ1) is 12.4. The number of furan rings is 1. The molecule has 0 atom stereocenters. The standard InChI is InChI=1S/C23H22N2O/c1-15-19-20(16-10-12-18(13-11-16)23(2,3)4)24-14-25-22(19)26-21(15)17-8-6-5-7-9-17/h5-14H,1-4H3. The van der Waals surface area contributed by atoms with E-state index in [2.05, 4.69) is 74.1 Å². The molecule has 0 radical (unpaired) electrons. The van der Waals surface area contributed by atoms with E-state index in [0.717, 1.165) is 33.5 Å². The van der Waals surface area contributed by atoms with Crippen molar-refractivity contribution in [2.45, 2.75) is 33.1 Å². The van der Waals surface area contributed by atoms with Crippen LogP contribution >= 0.6 is 0 Å². The third-order valence-corrected chi connectivity index (χ3v) is 4.79. The summed E-state index contributed by atoms with van der Waals surface area (Å²) in [6.45, 7) is 8.73. The minimum Gasteiger partial charge on any atom is -0.437 e. The first-order valence-corrected chi connectivity index (χ1v) is 8.85. The van der Waals surface area contributed by atoms with Gasteiger partial charge in [0.2, 0.25) is 5.71 Å². The average Bonchev–Trinajstić information content (AvgIpc) is 2.99. The Morgan fingerprint density at radius 1 is 0.808 bits per heavy atom. The molecule has 0 saturated carbocycles. The van der Waals surface area contributed by atoms with E-state index in [1.54, 1.807) is 6.33 Å². The normalized spacial score (nSPS) is 11.8. The Bertz CT molecular complexity index is 1060. The van der Waals surface area contributed by atoms with Crippen molar-refractivity contribution < 1.29 is 4.42 Å². The van der Waals surface area contributed by atoms with Gasteiger partial charge in [-0.2, -0.15) is 0 Å². The van der Waals surface area contributed by atoms with Gasteiger partial charge in [0.15, 0.2) is 0 Å². The summed E-state index contributed by atoms with van der Waals surface area (Å²) in [6.07, 6.45) is 1.58. The van der Waals surface area contributed by atoms with E-state index in [0.29, 0.717) is 5.71 Å². The van der Waals surface area contributed by atoms with Gasteiger partial charge in [-0.3, -0.25) is 0 Å². The number of rotatable bonds is 2. The molecule has 2 aromatic carbocycles. The van der Waals surface area contributed by atoms with Gasteiger partial charge in [-0.15, -0.1) is 0 Å². The number of hydrogen-bond acceptors (Lipinski definition) is 3. The second-order valence-corrected chi connectivity index (χ2v) is 7.65. The minimum absolute atomic E-state index is 0.131. The van der Waals surface area contributed by atoms with Crippen molar-refractivity contribution in [2.24, 2.45) is 0 Å². The fraction of sp³-hybridized carbons (Fsp3) is 0.217. The number of aryl methyl sites for hydroxylation is 1. The zero-order valence-corrected chi connectivity index (χ0v) is 15.6. The Labute approximate surface area is 153 Å². The lowest BCUT2D eigenvalue weighted by atomic mass is 9.86. The molecular formula is C23H22N2O. The molecule has 130 valence electrons. The van der Waals surface area contributed by atoms with Gasteiger partial charge < -0.3 is 4.42 Å². The molecule has 0 bridgehead atoms. The molecule has 26 heavy (non-hydrogen) atoms. The van der Waals surface area contributed by atoms with E-state index in [1.165, 1.54) is 5.56 Å². The third kappa shape index (κ3) is 2.80. The molecule has 0 unspecified atom stereocenters. The highest BCUT2D eigenvalue weighted by Crippen LogP contribution is 2.37. The molecular weight excluding hydrogens is 320 g/mol. The molecule has 0 N–H and O–H groups in total. The van der Waals surface area contributed by atoms with Gasteiger partial charge in [0, 0.05) is 16.7 Å². The zero-order chi connectivity index (χ0) is 18.3. The minimum atomic E-state index is 0.131. The quantitative estimate of drug-likeness (QED) is 0.438. The van der Waals surface area contributed by atoms with Crippen LogP contribution in [0.3, 0.4) is 0 Å². The molecule has 0 amide bonds. The summed E-state index contributed by atoms with van der Waals surface area (Å²) in [5, 5.41) is 0.981. The molecule has 3 heteroatoms. The van der Waals surface area contributed by atoms with Crippen LogP contribution < -0.4 is 0 Å². The Morgan fingerprint density at radius 3 is 2.15 bits per heavy atom. The van der Waals surface area contributed by atoms with Crippen molar-refractivity contribution in [3.63, 3.8) is 0 Å². The van der Waals surface area contributed by atoms with Crippen LogP contribution in [-0.2, 0) is 5.41 Å². The van der Waals surface area contributed by atoms with Gasteiger partial charge in [0.05, 0.1) is 11.1 Å². The summed E-state index contributed by atoms with van der Waals surface area (Å²) in [5.41, 5.74) is 6.18. The molecule has 0 aliphatic rings. The molecule has 3 nitrogen and oxygen atoms in total. The van der Waals surface area contributed by atoms with Crippen molar-refractivity contribution in [1.82, 2.24) is 9.97 Å². The van der Waals surface area contributed by atoms with E-state index in [-0.39, 0.29) is 5.41 Å². The third-order valence-electron chi connectivity index (χ3n) is 4.79. The van der Waals surface area contributed by atoms with Gasteiger partial charge in [-0.05, 0) is 17.9 Å². The van der Waals surface area contributed by atoms with Crippen molar-refractivity contribution in [1.29, 1.82) is 0 Å². The van der Waals surface area contributed by atoms with E-state index >= 15 is 0 Å². The largest absolute Gasteiger partial charge is 0.437 e. The van der Waals surface area contributed by atoms with Crippen LogP contribution in [0.4, 0.5) is 0 Å². The number of nitrogens with zero attached hydrogens (tertiary/aromatic N) is 2. The van der Waals surface area contributed by atoms with Crippen LogP contribution in [0.25, 0.3) is 33.7 Å². The van der Waals surface area contributed by atoms with Crippen LogP contribution in [0.1, 0.15) is 31.9 Å². The maximum atomic E-state index is 6.07. The van der Waals surface area contributed by atoms with Crippen molar-refractivity contribution in [3.8, 4) is 22.6 Å². The molecule has 2 aromatic heterocycles. The van der Waals surface area contributed by atoms with E-state index in [4.69, 9.17) is 4.42 Å². The van der Waals surface area contributed by atoms with Crippen LogP contribution in [0.5, 0.6) is 0 Å². The molecule has 0 spiro atoms. The fourth-order valence-corrected chi connectivity index (χ4v) is 3.28. The summed E-state index contributed by atoms with van der Waals surface area (Å²) in [7, 11) is 0. The van der Waals surface area contributed by atoms with E-state index in [1.807, 2.05) is 18.2 Å². The summed E-state index contributed by atoms with van der Waals surface area (Å²) in [5.74, 6) is 0.855. The Kier molecular flexibility index (Phi) is 3.87. The van der Waals surface area contributed by atoms with Crippen molar-refractivity contribution in [3.05, 3.63) is 72.1 Å². The second kappa shape index (κ2) is 6.10. The summed E-state index contributed by atoms with van der Waals surface area (Å²) < 4.78 is 6.07. The number of hydrogen-bond donors (Lipinski definition) is 0. The molecule has 4 aromatic rings. The topological polar surface area (TPSA) is 38.9 Å². The lowest BCUT2D eigenvalue weighted by Crippen LogP contribution is -2.10. The van der Waals surface area contributed by atoms with Gasteiger partial charge in [0.1, 0.15) is 12.1 Å². The lowest BCUT2D eigenvalue weighted by Gasteiger charge is -2.19. The smallest absolute Gasteiger partial charge is 0.230 e. The van der Waals surface area contributed by atoms with Gasteiger partial charge in [0.25, 0.3) is 0 Å². The monoisotopic (exact) mass is 342 g/mol. The number of aromatic nitrogens is 2. The fourth-order valence-electron chi connectivity index (χ4n) is 3.28. The van der Waals surface area contributed by atoms with Gasteiger partial charge in [-0.25, -0.2) is 9.97 Å². The van der Waals surface area contributed by atoms with Crippen LogP contribution in [0.2, 0.25) is 0 Å². The van der Waals surface area contributed by atoms with Gasteiger partial charge >= 0.3 is 0 Å². The average molecular weight is 342 g/mol. The summed E-state index contributed by atoms with van der Waals surface area (Å²) in [6, 6.07) is 18.8. The molecule has 0 fully saturated rings. The molecule has 0 aliphatic heterocycles. The van der Waals surface area contributed by atoms with Crippen LogP contribution in [-0.4, -0.2) is 9.97 Å². The second-order valence-electron chi connectivity index (χ2n) is 7.65. The molecule has 0 aliphatic carbocycles. The van der Waals surface area contributed by atoms with Gasteiger partial charge in [-0.1, -0.05) is 75.4 Å². The summed E-state index contributed by atoms with van der Waals surface area (Å²) >= 11 is 0. The first kappa shape index (κ1) is 16.5. The predicted octanol–water partition coefficient (Wildman–Crippen LogP) is 6.16.